The zero-order valence-electron chi connectivity index (χ0n) is 15.2. The Morgan fingerprint density at radius 1 is 1.00 bits per heavy atom. The second-order valence-corrected chi connectivity index (χ2v) is 6.18. The van der Waals surface area contributed by atoms with E-state index in [-0.39, 0.29) is 11.9 Å². The molecule has 134 valence electrons. The maximum atomic E-state index is 12.4. The Bertz CT molecular complexity index is 636. The van der Waals surface area contributed by atoms with Crippen molar-refractivity contribution >= 4 is 5.91 Å². The Hall–Kier alpha value is -2.17. The molecule has 0 spiro atoms. The van der Waals surface area contributed by atoms with Crippen LogP contribution < -0.4 is 11.1 Å². The summed E-state index contributed by atoms with van der Waals surface area (Å²) in [7, 11) is 0. The predicted octanol–water partition coefficient (Wildman–Crippen LogP) is 2.83. The minimum Gasteiger partial charge on any atom is -0.350 e. The minimum atomic E-state index is -0.0335. The highest BCUT2D eigenvalue weighted by Crippen LogP contribution is 2.09. The number of nitrogens with two attached hydrogens (primary N) is 1. The molecular weight excluding hydrogens is 310 g/mol. The monoisotopic (exact) mass is 339 g/mol. The lowest BCUT2D eigenvalue weighted by Crippen LogP contribution is -2.45. The Morgan fingerprint density at radius 2 is 1.64 bits per heavy atom. The molecule has 4 heteroatoms. The molecule has 0 radical (unpaired) electrons. The summed E-state index contributed by atoms with van der Waals surface area (Å²) in [6, 6.07) is 18.2. The normalized spacial score (nSPS) is 12.2. The quantitative estimate of drug-likeness (QED) is 0.738. The van der Waals surface area contributed by atoms with Crippen molar-refractivity contribution in [1.82, 2.24) is 10.2 Å². The van der Waals surface area contributed by atoms with Crippen LogP contribution in [0.4, 0.5) is 0 Å². The maximum absolute atomic E-state index is 12.4. The molecule has 0 saturated heterocycles. The lowest BCUT2D eigenvalue weighted by atomic mass is 10.0. The van der Waals surface area contributed by atoms with E-state index in [1.807, 2.05) is 30.3 Å². The molecule has 0 aromatic heterocycles. The van der Waals surface area contributed by atoms with Crippen LogP contribution in [-0.2, 0) is 13.0 Å². The van der Waals surface area contributed by atoms with Gasteiger partial charge in [0, 0.05) is 24.7 Å². The van der Waals surface area contributed by atoms with Crippen molar-refractivity contribution in [3.8, 4) is 0 Å². The van der Waals surface area contributed by atoms with Crippen molar-refractivity contribution < 1.29 is 4.79 Å². The van der Waals surface area contributed by atoms with E-state index in [2.05, 4.69) is 48.3 Å². The second-order valence-electron chi connectivity index (χ2n) is 6.18. The van der Waals surface area contributed by atoms with E-state index in [4.69, 9.17) is 5.73 Å². The predicted molar refractivity (Wildman–Crippen MR) is 104 cm³/mol. The molecule has 1 amide bonds. The molecule has 0 aliphatic heterocycles. The van der Waals surface area contributed by atoms with Gasteiger partial charge in [-0.05, 0) is 42.8 Å². The van der Waals surface area contributed by atoms with Crippen LogP contribution in [-0.4, -0.2) is 36.5 Å². The van der Waals surface area contributed by atoms with Gasteiger partial charge in [0.1, 0.15) is 0 Å². The summed E-state index contributed by atoms with van der Waals surface area (Å²) >= 11 is 0. The van der Waals surface area contributed by atoms with E-state index in [1.54, 1.807) is 0 Å². The van der Waals surface area contributed by atoms with Crippen LogP contribution in [0.2, 0.25) is 0 Å². The lowest BCUT2D eigenvalue weighted by molar-refractivity contribution is 0.0934. The Morgan fingerprint density at radius 3 is 2.20 bits per heavy atom. The third-order valence-electron chi connectivity index (χ3n) is 4.59. The van der Waals surface area contributed by atoms with Crippen molar-refractivity contribution in [3.05, 3.63) is 71.3 Å². The average Bonchev–Trinajstić information content (AvgIpc) is 2.67. The standard InChI is InChI=1S/C21H29N3O/c1-3-24(4-2)20(14-17-8-6-5-7-9-17)16-23-21(25)19-12-10-18(15-22)11-13-19/h5-13,20H,3-4,14-16,22H2,1-2H3,(H,23,25). The van der Waals surface area contributed by atoms with Crippen LogP contribution in [0.25, 0.3) is 0 Å². The molecule has 0 heterocycles. The third kappa shape index (κ3) is 5.69. The number of hydrogen-bond acceptors (Lipinski definition) is 3. The number of likely N-dealkylation sites (N-methyl/N-ethyl adjacent to an activating group) is 1. The molecule has 2 aromatic carbocycles. The number of nitrogens with zero attached hydrogens (tertiary/aromatic N) is 1. The first-order valence-corrected chi connectivity index (χ1v) is 9.03. The number of carbonyl (C=O) groups is 1. The van der Waals surface area contributed by atoms with E-state index < -0.39 is 0 Å². The third-order valence-corrected chi connectivity index (χ3v) is 4.59. The number of nitrogens with one attached hydrogen (secondary N) is 1. The fourth-order valence-corrected chi connectivity index (χ4v) is 3.06. The number of carbonyl (C=O) groups excluding carboxylic acids is 1. The van der Waals surface area contributed by atoms with Crippen LogP contribution in [0.15, 0.2) is 54.6 Å². The van der Waals surface area contributed by atoms with Gasteiger partial charge in [-0.15, -0.1) is 0 Å². The summed E-state index contributed by atoms with van der Waals surface area (Å²) < 4.78 is 0. The summed E-state index contributed by atoms with van der Waals surface area (Å²) in [5.74, 6) is -0.0335. The van der Waals surface area contributed by atoms with Crippen LogP contribution in [0, 0.1) is 0 Å². The van der Waals surface area contributed by atoms with Gasteiger partial charge < -0.3 is 11.1 Å². The second kappa shape index (κ2) is 9.97. The average molecular weight is 339 g/mol. The van der Waals surface area contributed by atoms with Gasteiger partial charge in [-0.3, -0.25) is 9.69 Å². The van der Waals surface area contributed by atoms with Crippen molar-refractivity contribution in [2.45, 2.75) is 32.9 Å². The van der Waals surface area contributed by atoms with E-state index in [0.717, 1.165) is 25.1 Å². The number of hydrogen-bond donors (Lipinski definition) is 2. The zero-order valence-corrected chi connectivity index (χ0v) is 15.2. The molecule has 25 heavy (non-hydrogen) atoms. The molecule has 1 atom stereocenters. The van der Waals surface area contributed by atoms with Crippen LogP contribution >= 0.6 is 0 Å². The molecule has 0 aliphatic rings. The largest absolute Gasteiger partial charge is 0.350 e. The van der Waals surface area contributed by atoms with Gasteiger partial charge in [0.25, 0.3) is 5.91 Å². The molecule has 0 bridgehead atoms. The van der Waals surface area contributed by atoms with Crippen LogP contribution in [0.3, 0.4) is 0 Å². The van der Waals surface area contributed by atoms with E-state index in [1.165, 1.54) is 5.56 Å². The van der Waals surface area contributed by atoms with E-state index in [9.17, 15) is 4.79 Å². The highest BCUT2D eigenvalue weighted by molar-refractivity contribution is 5.94. The highest BCUT2D eigenvalue weighted by Gasteiger charge is 2.17. The topological polar surface area (TPSA) is 58.4 Å². The fourth-order valence-electron chi connectivity index (χ4n) is 3.06. The fraction of sp³-hybridized carbons (Fsp3) is 0.381. The molecular formula is C21H29N3O. The van der Waals surface area contributed by atoms with Gasteiger partial charge in [-0.2, -0.15) is 0 Å². The summed E-state index contributed by atoms with van der Waals surface area (Å²) in [6.07, 6.45) is 0.926. The van der Waals surface area contributed by atoms with Gasteiger partial charge in [0.05, 0.1) is 0 Å². The molecule has 4 nitrogen and oxygen atoms in total. The Balaban J connectivity index is 2.01. The first kappa shape index (κ1) is 19.2. The lowest BCUT2D eigenvalue weighted by Gasteiger charge is -2.30. The van der Waals surface area contributed by atoms with E-state index in [0.29, 0.717) is 18.7 Å². The van der Waals surface area contributed by atoms with Gasteiger partial charge in [0.2, 0.25) is 0 Å². The molecule has 2 aromatic rings. The highest BCUT2D eigenvalue weighted by atomic mass is 16.1. The molecule has 0 fully saturated rings. The smallest absolute Gasteiger partial charge is 0.251 e. The number of benzene rings is 2. The molecule has 2 rings (SSSR count). The Labute approximate surface area is 151 Å². The van der Waals surface area contributed by atoms with Crippen molar-refractivity contribution in [2.24, 2.45) is 5.73 Å². The Kier molecular flexibility index (Phi) is 7.64. The first-order chi connectivity index (χ1) is 12.2. The maximum Gasteiger partial charge on any atom is 0.251 e. The van der Waals surface area contributed by atoms with Gasteiger partial charge in [-0.25, -0.2) is 0 Å². The van der Waals surface area contributed by atoms with Gasteiger partial charge in [0.15, 0.2) is 0 Å². The summed E-state index contributed by atoms with van der Waals surface area (Å²) in [5, 5.41) is 3.09. The minimum absolute atomic E-state index is 0.0335. The zero-order chi connectivity index (χ0) is 18.1. The summed E-state index contributed by atoms with van der Waals surface area (Å²) in [6.45, 7) is 7.38. The van der Waals surface area contributed by atoms with Crippen LogP contribution in [0.5, 0.6) is 0 Å². The summed E-state index contributed by atoms with van der Waals surface area (Å²) in [5.41, 5.74) is 8.60. The van der Waals surface area contributed by atoms with Gasteiger partial charge in [-0.1, -0.05) is 56.3 Å². The molecule has 3 N–H and O–H groups in total. The first-order valence-electron chi connectivity index (χ1n) is 9.03. The van der Waals surface area contributed by atoms with E-state index >= 15 is 0 Å². The van der Waals surface area contributed by atoms with Crippen molar-refractivity contribution in [2.75, 3.05) is 19.6 Å². The SMILES string of the molecule is CCN(CC)C(CNC(=O)c1ccc(CN)cc1)Cc1ccccc1. The number of amides is 1. The van der Waals surface area contributed by atoms with Crippen LogP contribution in [0.1, 0.15) is 35.3 Å². The molecule has 0 saturated carbocycles. The number of rotatable bonds is 9. The summed E-state index contributed by atoms with van der Waals surface area (Å²) in [4.78, 5) is 14.8. The van der Waals surface area contributed by atoms with Gasteiger partial charge >= 0.3 is 0 Å². The van der Waals surface area contributed by atoms with Crippen molar-refractivity contribution in [3.63, 3.8) is 0 Å². The molecule has 1 unspecified atom stereocenters. The van der Waals surface area contributed by atoms with Crippen molar-refractivity contribution in [1.29, 1.82) is 0 Å². The molecule has 0 aliphatic carbocycles.